The number of halogens is 1. The van der Waals surface area contributed by atoms with Crippen LogP contribution in [0.15, 0.2) is 12.4 Å². The average Bonchev–Trinajstić information content (AvgIpc) is 3.23. The van der Waals surface area contributed by atoms with Crippen molar-refractivity contribution in [1.29, 1.82) is 0 Å². The van der Waals surface area contributed by atoms with Crippen LogP contribution < -0.4 is 0 Å². The number of alkyl halides is 1. The first-order valence-corrected chi connectivity index (χ1v) is 11.1. The topological polar surface area (TPSA) is 176 Å². The van der Waals surface area contributed by atoms with Gasteiger partial charge in [0, 0.05) is 19.6 Å². The second-order valence-electron chi connectivity index (χ2n) is 6.15. The third-order valence-corrected chi connectivity index (χ3v) is 6.12. The molecule has 0 radical (unpaired) electrons. The standard InChI is InChI=1S/C8H13N3O4S.C7H10ClN3O3/c1-3-16(14,15)5-4-10-7(2)9-6-8(10)11(12)13;1-5-9-3-7(11(13)14)10(5)4-6(12)2-8/h6H,3-5H2,1-2H3;3,6,12H,2,4H2,1H3. The molecule has 0 amide bonds. The molecule has 30 heavy (non-hydrogen) atoms. The normalized spacial score (nSPS) is 12.2. The lowest BCUT2D eigenvalue weighted by molar-refractivity contribution is -0.392. The first-order chi connectivity index (χ1) is 13.9. The van der Waals surface area contributed by atoms with Crippen molar-refractivity contribution in [2.24, 2.45) is 0 Å². The summed E-state index contributed by atoms with van der Waals surface area (Å²) in [4.78, 5) is 27.6. The highest BCUT2D eigenvalue weighted by atomic mass is 35.5. The molecule has 0 saturated heterocycles. The van der Waals surface area contributed by atoms with Gasteiger partial charge in [0.25, 0.3) is 0 Å². The molecule has 2 aromatic heterocycles. The summed E-state index contributed by atoms with van der Waals surface area (Å²) in [7, 11) is -3.13. The highest BCUT2D eigenvalue weighted by Crippen LogP contribution is 2.15. The second kappa shape index (κ2) is 11.0. The largest absolute Gasteiger partial charge is 0.388 e. The molecule has 0 spiro atoms. The van der Waals surface area contributed by atoms with Gasteiger partial charge in [-0.15, -0.1) is 11.6 Å². The number of aliphatic hydroxyl groups excluding tert-OH is 1. The third kappa shape index (κ3) is 7.03. The third-order valence-electron chi connectivity index (χ3n) is 4.08. The van der Waals surface area contributed by atoms with Crippen LogP contribution in [0.3, 0.4) is 0 Å². The lowest BCUT2D eigenvalue weighted by Crippen LogP contribution is -2.19. The molecule has 0 aliphatic carbocycles. The van der Waals surface area contributed by atoms with Gasteiger partial charge in [-0.25, -0.2) is 27.5 Å². The van der Waals surface area contributed by atoms with Gasteiger partial charge < -0.3 is 25.3 Å². The maximum atomic E-state index is 11.3. The number of imidazole rings is 2. The summed E-state index contributed by atoms with van der Waals surface area (Å²) in [6.07, 6.45) is 1.49. The summed E-state index contributed by atoms with van der Waals surface area (Å²) in [5.41, 5.74) is 0. The van der Waals surface area contributed by atoms with Crippen molar-refractivity contribution in [3.05, 3.63) is 44.3 Å². The number of nitrogens with zero attached hydrogens (tertiary/aromatic N) is 6. The summed E-state index contributed by atoms with van der Waals surface area (Å²) in [6.45, 7) is 4.94. The molecule has 0 aliphatic heterocycles. The van der Waals surface area contributed by atoms with Gasteiger partial charge in [-0.2, -0.15) is 0 Å². The fraction of sp³-hybridized carbons (Fsp3) is 0.600. The summed E-state index contributed by atoms with van der Waals surface area (Å²) >= 11 is 5.40. The van der Waals surface area contributed by atoms with E-state index >= 15 is 0 Å². The van der Waals surface area contributed by atoms with Crippen LogP contribution in [-0.4, -0.2) is 66.0 Å². The molecule has 1 atom stereocenters. The smallest absolute Gasteiger partial charge is 0.342 e. The summed E-state index contributed by atoms with van der Waals surface area (Å²) in [5.74, 6) is 0.583. The van der Waals surface area contributed by atoms with E-state index in [0.29, 0.717) is 11.6 Å². The number of aromatic nitrogens is 4. The van der Waals surface area contributed by atoms with Gasteiger partial charge in [0.2, 0.25) is 0 Å². The highest BCUT2D eigenvalue weighted by Gasteiger charge is 2.20. The first-order valence-electron chi connectivity index (χ1n) is 8.71. The Bertz CT molecular complexity index is 988. The maximum absolute atomic E-state index is 11.3. The minimum Gasteiger partial charge on any atom is -0.388 e. The Morgan fingerprint density at radius 1 is 1.10 bits per heavy atom. The number of aryl methyl sites for hydroxylation is 2. The molecule has 1 N–H and O–H groups in total. The van der Waals surface area contributed by atoms with Gasteiger partial charge in [0.05, 0.1) is 11.6 Å². The summed E-state index contributed by atoms with van der Waals surface area (Å²) in [5, 5.41) is 30.4. The van der Waals surface area contributed by atoms with Gasteiger partial charge >= 0.3 is 11.6 Å². The zero-order valence-corrected chi connectivity index (χ0v) is 18.2. The van der Waals surface area contributed by atoms with Crippen molar-refractivity contribution in [1.82, 2.24) is 19.1 Å². The zero-order chi connectivity index (χ0) is 23.1. The highest BCUT2D eigenvalue weighted by molar-refractivity contribution is 7.91. The second-order valence-corrected chi connectivity index (χ2v) is 8.93. The van der Waals surface area contributed by atoms with E-state index in [-0.39, 0.29) is 42.1 Å². The molecule has 13 nitrogen and oxygen atoms in total. The van der Waals surface area contributed by atoms with E-state index in [9.17, 15) is 33.8 Å². The Hall–Kier alpha value is -2.58. The molecular weight excluding hydrogens is 444 g/mol. The van der Waals surface area contributed by atoms with E-state index in [1.807, 2.05) is 0 Å². The van der Waals surface area contributed by atoms with E-state index in [1.54, 1.807) is 20.8 Å². The van der Waals surface area contributed by atoms with Crippen molar-refractivity contribution in [3.63, 3.8) is 0 Å². The molecule has 0 fully saturated rings. The minimum absolute atomic E-state index is 0.0363. The maximum Gasteiger partial charge on any atom is 0.342 e. The van der Waals surface area contributed by atoms with Crippen LogP contribution >= 0.6 is 11.6 Å². The fourth-order valence-corrected chi connectivity index (χ4v) is 3.19. The van der Waals surface area contributed by atoms with Crippen molar-refractivity contribution in [2.45, 2.75) is 40.0 Å². The summed E-state index contributed by atoms with van der Waals surface area (Å²) < 4.78 is 25.2. The Labute approximate surface area is 177 Å². The van der Waals surface area contributed by atoms with E-state index in [0.717, 1.165) is 12.4 Å². The minimum atomic E-state index is -3.13. The van der Waals surface area contributed by atoms with Gasteiger partial charge in [-0.05, 0) is 9.85 Å². The van der Waals surface area contributed by atoms with Crippen molar-refractivity contribution in [2.75, 3.05) is 17.4 Å². The monoisotopic (exact) mass is 466 g/mol. The van der Waals surface area contributed by atoms with E-state index in [4.69, 9.17) is 11.6 Å². The van der Waals surface area contributed by atoms with E-state index in [2.05, 4.69) is 9.97 Å². The van der Waals surface area contributed by atoms with Gasteiger partial charge in [0.1, 0.15) is 31.6 Å². The molecule has 1 unspecified atom stereocenters. The molecular formula is C15H23ClN6O7S. The molecule has 2 rings (SSSR count). The molecule has 0 bridgehead atoms. The Kier molecular flexibility index (Phi) is 9.32. The van der Waals surface area contributed by atoms with Crippen LogP contribution in [0.25, 0.3) is 0 Å². The van der Waals surface area contributed by atoms with Crippen molar-refractivity contribution in [3.8, 4) is 0 Å². The number of hydrogen-bond acceptors (Lipinski definition) is 9. The zero-order valence-electron chi connectivity index (χ0n) is 16.6. The van der Waals surface area contributed by atoms with Gasteiger partial charge in [-0.1, -0.05) is 6.92 Å². The molecule has 2 aromatic rings. The Morgan fingerprint density at radius 3 is 2.00 bits per heavy atom. The number of aliphatic hydroxyl groups is 1. The fourth-order valence-electron chi connectivity index (χ4n) is 2.34. The van der Waals surface area contributed by atoms with Crippen LogP contribution in [0.2, 0.25) is 0 Å². The van der Waals surface area contributed by atoms with Crippen molar-refractivity contribution >= 4 is 33.1 Å². The lowest BCUT2D eigenvalue weighted by atomic mass is 10.4. The van der Waals surface area contributed by atoms with Crippen LogP contribution in [0.1, 0.15) is 18.6 Å². The number of hydrogen-bond donors (Lipinski definition) is 1. The average molecular weight is 467 g/mol. The summed E-state index contributed by atoms with van der Waals surface area (Å²) in [6, 6.07) is 0. The lowest BCUT2D eigenvalue weighted by Gasteiger charge is -2.06. The molecule has 0 aromatic carbocycles. The number of sulfone groups is 1. The molecule has 168 valence electrons. The molecule has 0 saturated carbocycles. The van der Waals surface area contributed by atoms with E-state index < -0.39 is 25.8 Å². The predicted octanol–water partition coefficient (Wildman–Crippen LogP) is 1.23. The molecule has 0 aliphatic rings. The Balaban J connectivity index is 0.000000303. The van der Waals surface area contributed by atoms with E-state index in [1.165, 1.54) is 9.13 Å². The SMILES string of the molecule is CCS(=O)(=O)CCn1c([N+](=O)[O-])cnc1C.Cc1ncc([N+](=O)[O-])n1CC(O)CCl. The molecule has 2 heterocycles. The van der Waals surface area contributed by atoms with Gasteiger partial charge in [0.15, 0.2) is 21.5 Å². The predicted molar refractivity (Wildman–Crippen MR) is 108 cm³/mol. The quantitative estimate of drug-likeness (QED) is 0.323. The van der Waals surface area contributed by atoms with Crippen LogP contribution in [0, 0.1) is 34.1 Å². The number of rotatable bonds is 9. The van der Waals surface area contributed by atoms with Crippen molar-refractivity contribution < 1.29 is 23.4 Å². The van der Waals surface area contributed by atoms with Crippen LogP contribution in [0.4, 0.5) is 11.6 Å². The Morgan fingerprint density at radius 2 is 1.57 bits per heavy atom. The molecule has 15 heteroatoms. The van der Waals surface area contributed by atoms with Crippen LogP contribution in [-0.2, 0) is 22.9 Å². The first kappa shape index (κ1) is 25.5. The number of nitro groups is 2. The van der Waals surface area contributed by atoms with Crippen LogP contribution in [0.5, 0.6) is 0 Å². The van der Waals surface area contributed by atoms with Gasteiger partial charge in [-0.3, -0.25) is 0 Å².